The van der Waals surface area contributed by atoms with E-state index in [1.54, 1.807) is 0 Å². The van der Waals surface area contributed by atoms with E-state index in [9.17, 15) is 14.4 Å². The Labute approximate surface area is 399 Å². The predicted molar refractivity (Wildman–Crippen MR) is 275 cm³/mol. The van der Waals surface area contributed by atoms with Crippen LogP contribution in [0.3, 0.4) is 0 Å². The average molecular weight is 906 g/mol. The molecule has 0 heterocycles. The Bertz CT molecular complexity index is 951. The number of hydrogen-bond donors (Lipinski definition) is 0. The van der Waals surface area contributed by atoms with Gasteiger partial charge in [-0.1, -0.05) is 297 Å². The van der Waals surface area contributed by atoms with Gasteiger partial charge in [-0.2, -0.15) is 0 Å². The van der Waals surface area contributed by atoms with Crippen molar-refractivity contribution in [2.75, 3.05) is 13.2 Å². The maximum absolute atomic E-state index is 12.8. The topological polar surface area (TPSA) is 78.9 Å². The lowest BCUT2D eigenvalue weighted by Crippen LogP contribution is -2.30. The van der Waals surface area contributed by atoms with Crippen LogP contribution >= 0.6 is 0 Å². The maximum Gasteiger partial charge on any atom is 0.306 e. The molecule has 0 radical (unpaired) electrons. The summed E-state index contributed by atoms with van der Waals surface area (Å²) in [6.07, 6.45) is 59.8. The van der Waals surface area contributed by atoms with Crippen molar-refractivity contribution in [3.63, 3.8) is 0 Å². The summed E-state index contributed by atoms with van der Waals surface area (Å²) in [5, 5.41) is 0. The number of unbranched alkanes of at least 4 members (excludes halogenated alkanes) is 43. The SMILES string of the molecule is CCCCCCCCCCCCCCCCCCCCCCCCCCCCC(=O)OCC(COC(=O)CCCCCCCCCCC)OC(=O)CCCCCCCCCCCCC. The second-order valence-corrected chi connectivity index (χ2v) is 19.9. The van der Waals surface area contributed by atoms with Crippen molar-refractivity contribution < 1.29 is 28.6 Å². The van der Waals surface area contributed by atoms with E-state index in [1.807, 2.05) is 0 Å². The molecule has 1 unspecified atom stereocenters. The highest BCUT2D eigenvalue weighted by molar-refractivity contribution is 5.71. The van der Waals surface area contributed by atoms with Crippen LogP contribution in [0.1, 0.15) is 335 Å². The highest BCUT2D eigenvalue weighted by Gasteiger charge is 2.19. The van der Waals surface area contributed by atoms with E-state index in [2.05, 4.69) is 20.8 Å². The first kappa shape index (κ1) is 62.4. The summed E-state index contributed by atoms with van der Waals surface area (Å²) in [6.45, 7) is 6.67. The monoisotopic (exact) mass is 905 g/mol. The molecule has 0 rings (SSSR count). The van der Waals surface area contributed by atoms with E-state index >= 15 is 0 Å². The van der Waals surface area contributed by atoms with Gasteiger partial charge in [0.05, 0.1) is 0 Å². The first-order valence-electron chi connectivity index (χ1n) is 29.0. The van der Waals surface area contributed by atoms with Gasteiger partial charge < -0.3 is 14.2 Å². The molecule has 0 aliphatic heterocycles. The van der Waals surface area contributed by atoms with E-state index in [0.717, 1.165) is 57.8 Å². The summed E-state index contributed by atoms with van der Waals surface area (Å²) in [4.78, 5) is 37.9. The summed E-state index contributed by atoms with van der Waals surface area (Å²) in [7, 11) is 0. The molecule has 0 aromatic carbocycles. The van der Waals surface area contributed by atoms with Crippen LogP contribution in [0, 0.1) is 0 Å². The Morgan fingerprint density at radius 1 is 0.250 bits per heavy atom. The Balaban J connectivity index is 4.03. The van der Waals surface area contributed by atoms with Gasteiger partial charge in [0, 0.05) is 19.3 Å². The zero-order chi connectivity index (χ0) is 46.5. The third-order valence-corrected chi connectivity index (χ3v) is 13.4. The molecule has 1 atom stereocenters. The number of carbonyl (C=O) groups is 3. The number of rotatable bonds is 54. The van der Waals surface area contributed by atoms with Gasteiger partial charge in [0.2, 0.25) is 0 Å². The van der Waals surface area contributed by atoms with Crippen LogP contribution in [0.25, 0.3) is 0 Å². The largest absolute Gasteiger partial charge is 0.462 e. The summed E-state index contributed by atoms with van der Waals surface area (Å²) in [5.41, 5.74) is 0. The Hall–Kier alpha value is -1.59. The van der Waals surface area contributed by atoms with Crippen LogP contribution in [0.4, 0.5) is 0 Å². The van der Waals surface area contributed by atoms with E-state index in [4.69, 9.17) is 14.2 Å². The normalized spacial score (nSPS) is 11.9. The lowest BCUT2D eigenvalue weighted by molar-refractivity contribution is -0.167. The Morgan fingerprint density at radius 2 is 0.422 bits per heavy atom. The van der Waals surface area contributed by atoms with Crippen LogP contribution in [0.2, 0.25) is 0 Å². The number of ether oxygens (including phenoxy) is 3. The average Bonchev–Trinajstić information content (AvgIpc) is 3.29. The molecule has 0 aromatic rings. The second kappa shape index (κ2) is 54.0. The van der Waals surface area contributed by atoms with Crippen molar-refractivity contribution in [2.45, 2.75) is 341 Å². The van der Waals surface area contributed by atoms with Gasteiger partial charge in [0.25, 0.3) is 0 Å². The zero-order valence-electron chi connectivity index (χ0n) is 43.6. The minimum atomic E-state index is -0.759. The van der Waals surface area contributed by atoms with Crippen molar-refractivity contribution >= 4 is 17.9 Å². The molecule has 0 saturated carbocycles. The zero-order valence-corrected chi connectivity index (χ0v) is 43.6. The van der Waals surface area contributed by atoms with Crippen LogP contribution in [-0.2, 0) is 28.6 Å². The van der Waals surface area contributed by atoms with Crippen molar-refractivity contribution in [1.29, 1.82) is 0 Å². The van der Waals surface area contributed by atoms with Gasteiger partial charge in [-0.3, -0.25) is 14.4 Å². The van der Waals surface area contributed by atoms with E-state index in [1.165, 1.54) is 238 Å². The summed E-state index contributed by atoms with van der Waals surface area (Å²) in [6, 6.07) is 0. The fraction of sp³-hybridized carbons (Fsp3) is 0.948. The van der Waals surface area contributed by atoms with Gasteiger partial charge in [-0.05, 0) is 19.3 Å². The van der Waals surface area contributed by atoms with Gasteiger partial charge in [0.1, 0.15) is 13.2 Å². The van der Waals surface area contributed by atoms with Gasteiger partial charge in [-0.15, -0.1) is 0 Å². The number of esters is 3. The van der Waals surface area contributed by atoms with Crippen LogP contribution in [0.15, 0.2) is 0 Å². The molecule has 0 amide bonds. The highest BCUT2D eigenvalue weighted by Crippen LogP contribution is 2.18. The summed E-state index contributed by atoms with van der Waals surface area (Å²) < 4.78 is 16.8. The molecule has 0 saturated heterocycles. The van der Waals surface area contributed by atoms with Crippen molar-refractivity contribution in [3.05, 3.63) is 0 Å². The van der Waals surface area contributed by atoms with Crippen LogP contribution < -0.4 is 0 Å². The van der Waals surface area contributed by atoms with Gasteiger partial charge >= 0.3 is 17.9 Å². The molecular formula is C58H112O6. The predicted octanol–water partition coefficient (Wildman–Crippen LogP) is 19.2. The molecule has 0 aliphatic rings. The lowest BCUT2D eigenvalue weighted by atomic mass is 10.0. The Kier molecular flexibility index (Phi) is 52.7. The molecule has 64 heavy (non-hydrogen) atoms. The molecule has 0 aromatic heterocycles. The van der Waals surface area contributed by atoms with E-state index < -0.39 is 6.10 Å². The third-order valence-electron chi connectivity index (χ3n) is 13.4. The molecule has 0 fully saturated rings. The van der Waals surface area contributed by atoms with E-state index in [-0.39, 0.29) is 31.1 Å². The van der Waals surface area contributed by atoms with Crippen molar-refractivity contribution in [3.8, 4) is 0 Å². The molecule has 380 valence electrons. The minimum Gasteiger partial charge on any atom is -0.462 e. The quantitative estimate of drug-likeness (QED) is 0.0344. The van der Waals surface area contributed by atoms with Crippen molar-refractivity contribution in [1.82, 2.24) is 0 Å². The summed E-state index contributed by atoms with van der Waals surface area (Å²) >= 11 is 0. The fourth-order valence-corrected chi connectivity index (χ4v) is 8.98. The molecular weight excluding hydrogens is 793 g/mol. The van der Waals surface area contributed by atoms with Crippen molar-refractivity contribution in [2.24, 2.45) is 0 Å². The molecule has 6 nitrogen and oxygen atoms in total. The molecule has 6 heteroatoms. The lowest BCUT2D eigenvalue weighted by Gasteiger charge is -2.18. The summed E-state index contributed by atoms with van der Waals surface area (Å²) in [5.74, 6) is -0.842. The second-order valence-electron chi connectivity index (χ2n) is 19.9. The van der Waals surface area contributed by atoms with Crippen LogP contribution in [-0.4, -0.2) is 37.2 Å². The smallest absolute Gasteiger partial charge is 0.306 e. The Morgan fingerprint density at radius 3 is 0.625 bits per heavy atom. The molecule has 0 aliphatic carbocycles. The maximum atomic E-state index is 12.8. The van der Waals surface area contributed by atoms with Gasteiger partial charge in [0.15, 0.2) is 6.10 Å². The fourth-order valence-electron chi connectivity index (χ4n) is 8.98. The highest BCUT2D eigenvalue weighted by atomic mass is 16.6. The number of carbonyl (C=O) groups excluding carboxylic acids is 3. The standard InChI is InChI=1S/C58H112O6/c1-4-7-10-13-16-19-21-22-23-24-25-26-27-28-29-30-31-32-33-34-35-37-39-42-45-48-51-57(60)63-54-55(53-62-56(59)50-47-44-41-38-18-15-12-9-6-3)64-58(61)52-49-46-43-40-36-20-17-14-11-8-5-2/h55H,4-54H2,1-3H3. The van der Waals surface area contributed by atoms with Crippen LogP contribution in [0.5, 0.6) is 0 Å². The molecule has 0 spiro atoms. The number of hydrogen-bond acceptors (Lipinski definition) is 6. The molecule has 0 N–H and O–H groups in total. The van der Waals surface area contributed by atoms with E-state index in [0.29, 0.717) is 19.3 Å². The minimum absolute atomic E-state index is 0.0619. The third kappa shape index (κ3) is 51.4. The first-order chi connectivity index (χ1) is 31.5. The first-order valence-corrected chi connectivity index (χ1v) is 29.0. The molecule has 0 bridgehead atoms. The van der Waals surface area contributed by atoms with Gasteiger partial charge in [-0.25, -0.2) is 0 Å².